The first kappa shape index (κ1) is 16.6. The third-order valence-corrected chi connectivity index (χ3v) is 4.32. The van der Waals surface area contributed by atoms with Gasteiger partial charge in [0.2, 0.25) is 5.91 Å². The predicted octanol–water partition coefficient (Wildman–Crippen LogP) is 3.29. The predicted molar refractivity (Wildman–Crippen MR) is 83.1 cm³/mol. The first-order valence-corrected chi connectivity index (χ1v) is 7.92. The van der Waals surface area contributed by atoms with E-state index in [0.717, 1.165) is 18.2 Å². The molecule has 128 valence electrons. The highest BCUT2D eigenvalue weighted by atomic mass is 19.1. The van der Waals surface area contributed by atoms with E-state index in [1.165, 1.54) is 6.26 Å². The van der Waals surface area contributed by atoms with Crippen molar-refractivity contribution in [3.63, 3.8) is 0 Å². The number of furan rings is 1. The molecule has 1 aromatic carbocycles. The van der Waals surface area contributed by atoms with E-state index >= 15 is 0 Å². The number of aliphatic hydroxyl groups excluding tert-OH is 1. The first-order valence-electron chi connectivity index (χ1n) is 7.92. The van der Waals surface area contributed by atoms with Gasteiger partial charge in [0, 0.05) is 18.4 Å². The van der Waals surface area contributed by atoms with Gasteiger partial charge < -0.3 is 14.8 Å². The van der Waals surface area contributed by atoms with Crippen LogP contribution in [0.1, 0.15) is 43.1 Å². The van der Waals surface area contributed by atoms with Crippen molar-refractivity contribution in [3.05, 3.63) is 59.6 Å². The topological polar surface area (TPSA) is 62.5 Å². The summed E-state index contributed by atoms with van der Waals surface area (Å²) in [6.07, 6.45) is 1.49. The maximum absolute atomic E-state index is 13.7. The lowest BCUT2D eigenvalue weighted by atomic mass is 10.1. The number of hydrogen-bond donors (Lipinski definition) is 2. The van der Waals surface area contributed by atoms with Gasteiger partial charge in [0.1, 0.15) is 23.5 Å². The molecule has 1 heterocycles. The van der Waals surface area contributed by atoms with E-state index in [1.807, 2.05) is 0 Å². The van der Waals surface area contributed by atoms with Crippen LogP contribution in [0, 0.1) is 17.6 Å². The minimum atomic E-state index is -0.800. The number of carbonyl (C=O) groups is 1. The van der Waals surface area contributed by atoms with Crippen molar-refractivity contribution < 1.29 is 23.1 Å². The van der Waals surface area contributed by atoms with Crippen LogP contribution in [-0.4, -0.2) is 17.1 Å². The molecular weight excluding hydrogens is 316 g/mol. The number of carbonyl (C=O) groups excluding carboxylic acids is 1. The summed E-state index contributed by atoms with van der Waals surface area (Å²) in [5.74, 6) is -1.40. The Morgan fingerprint density at radius 2 is 2.21 bits per heavy atom. The summed E-state index contributed by atoms with van der Waals surface area (Å²) in [7, 11) is 0. The van der Waals surface area contributed by atoms with Crippen molar-refractivity contribution in [1.29, 1.82) is 0 Å². The maximum Gasteiger partial charge on any atom is 0.223 e. The molecule has 24 heavy (non-hydrogen) atoms. The molecule has 0 radical (unpaired) electrons. The second kappa shape index (κ2) is 6.73. The first-order chi connectivity index (χ1) is 11.5. The van der Waals surface area contributed by atoms with Crippen LogP contribution in [0.3, 0.4) is 0 Å². The highest BCUT2D eigenvalue weighted by Crippen LogP contribution is 2.48. The highest BCUT2D eigenvalue weighted by molar-refractivity contribution is 5.83. The standard InChI is InChI=1S/C18H19F2NO3/c1-10(7-16(22)17-3-2-6-24-17)21-18(23)14-9-12(14)13-8-11(19)4-5-15(13)20/h2-6,8,10,12,14,16,22H,7,9H2,1H3,(H,21,23). The van der Waals surface area contributed by atoms with Gasteiger partial charge in [-0.1, -0.05) is 0 Å². The zero-order valence-electron chi connectivity index (χ0n) is 13.2. The summed E-state index contributed by atoms with van der Waals surface area (Å²) < 4.78 is 32.1. The Bertz CT molecular complexity index is 717. The lowest BCUT2D eigenvalue weighted by Crippen LogP contribution is -2.35. The van der Waals surface area contributed by atoms with E-state index in [0.29, 0.717) is 18.6 Å². The number of aliphatic hydroxyl groups is 1. The van der Waals surface area contributed by atoms with Crippen LogP contribution < -0.4 is 5.32 Å². The van der Waals surface area contributed by atoms with Crippen LogP contribution in [0.15, 0.2) is 41.0 Å². The third kappa shape index (κ3) is 3.64. The molecule has 1 saturated carbocycles. The van der Waals surface area contributed by atoms with Crippen LogP contribution in [-0.2, 0) is 4.79 Å². The van der Waals surface area contributed by atoms with Gasteiger partial charge >= 0.3 is 0 Å². The van der Waals surface area contributed by atoms with Gasteiger partial charge in [0.25, 0.3) is 0 Å². The van der Waals surface area contributed by atoms with Crippen molar-refractivity contribution in [2.75, 3.05) is 0 Å². The largest absolute Gasteiger partial charge is 0.467 e. The lowest BCUT2D eigenvalue weighted by molar-refractivity contribution is -0.123. The van der Waals surface area contributed by atoms with Gasteiger partial charge in [-0.2, -0.15) is 0 Å². The SMILES string of the molecule is CC(CC(O)c1ccco1)NC(=O)C1CC1c1cc(F)ccc1F. The smallest absolute Gasteiger partial charge is 0.223 e. The van der Waals surface area contributed by atoms with Gasteiger partial charge in [-0.15, -0.1) is 0 Å². The van der Waals surface area contributed by atoms with E-state index < -0.39 is 17.7 Å². The van der Waals surface area contributed by atoms with E-state index in [1.54, 1.807) is 19.1 Å². The quantitative estimate of drug-likeness (QED) is 0.851. The summed E-state index contributed by atoms with van der Waals surface area (Å²) in [5, 5.41) is 12.8. The Balaban J connectivity index is 1.54. The molecule has 4 atom stereocenters. The monoisotopic (exact) mass is 335 g/mol. The van der Waals surface area contributed by atoms with Gasteiger partial charge in [0.15, 0.2) is 0 Å². The zero-order chi connectivity index (χ0) is 17.3. The Kier molecular flexibility index (Phi) is 4.66. The molecular formula is C18H19F2NO3. The molecule has 2 aromatic rings. The van der Waals surface area contributed by atoms with Gasteiger partial charge in [-0.05, 0) is 55.2 Å². The molecule has 0 saturated heterocycles. The molecule has 3 rings (SSSR count). The van der Waals surface area contributed by atoms with Crippen molar-refractivity contribution in [3.8, 4) is 0 Å². The van der Waals surface area contributed by atoms with Crippen molar-refractivity contribution >= 4 is 5.91 Å². The molecule has 4 nitrogen and oxygen atoms in total. The minimum absolute atomic E-state index is 0.206. The molecule has 0 aliphatic heterocycles. The van der Waals surface area contributed by atoms with E-state index in [4.69, 9.17) is 4.42 Å². The average Bonchev–Trinajstić information content (AvgIpc) is 3.13. The molecule has 0 spiro atoms. The Hall–Kier alpha value is -2.21. The summed E-state index contributed by atoms with van der Waals surface area (Å²) in [5.41, 5.74) is 0.249. The summed E-state index contributed by atoms with van der Waals surface area (Å²) in [6.45, 7) is 1.78. The number of benzene rings is 1. The minimum Gasteiger partial charge on any atom is -0.467 e. The van der Waals surface area contributed by atoms with Crippen LogP contribution in [0.5, 0.6) is 0 Å². The van der Waals surface area contributed by atoms with Gasteiger partial charge in [0.05, 0.1) is 6.26 Å². The van der Waals surface area contributed by atoms with E-state index in [2.05, 4.69) is 5.32 Å². The summed E-state index contributed by atoms with van der Waals surface area (Å²) >= 11 is 0. The summed E-state index contributed by atoms with van der Waals surface area (Å²) in [4.78, 5) is 12.2. The number of rotatable bonds is 6. The Morgan fingerprint density at radius 3 is 2.92 bits per heavy atom. The zero-order valence-corrected chi connectivity index (χ0v) is 13.2. The fraction of sp³-hybridized carbons (Fsp3) is 0.389. The molecule has 1 fully saturated rings. The molecule has 1 amide bonds. The molecule has 0 bridgehead atoms. The van der Waals surface area contributed by atoms with Gasteiger partial charge in [-0.25, -0.2) is 8.78 Å². The number of nitrogens with one attached hydrogen (secondary N) is 1. The van der Waals surface area contributed by atoms with Crippen molar-refractivity contribution in [1.82, 2.24) is 5.32 Å². The maximum atomic E-state index is 13.7. The summed E-state index contributed by atoms with van der Waals surface area (Å²) in [6, 6.07) is 6.38. The number of halogens is 2. The van der Waals surface area contributed by atoms with Crippen LogP contribution in [0.25, 0.3) is 0 Å². The fourth-order valence-electron chi connectivity index (χ4n) is 2.97. The molecule has 2 N–H and O–H groups in total. The molecule has 1 aromatic heterocycles. The van der Waals surface area contributed by atoms with Gasteiger partial charge in [-0.3, -0.25) is 4.79 Å². The normalized spacial score (nSPS) is 22.0. The second-order valence-electron chi connectivity index (χ2n) is 6.29. The molecule has 6 heteroatoms. The van der Waals surface area contributed by atoms with Crippen LogP contribution >= 0.6 is 0 Å². The highest BCUT2D eigenvalue weighted by Gasteiger charge is 2.45. The second-order valence-corrected chi connectivity index (χ2v) is 6.29. The Morgan fingerprint density at radius 1 is 1.42 bits per heavy atom. The van der Waals surface area contributed by atoms with Crippen molar-refractivity contribution in [2.24, 2.45) is 5.92 Å². The van der Waals surface area contributed by atoms with E-state index in [9.17, 15) is 18.7 Å². The molecule has 4 unspecified atom stereocenters. The lowest BCUT2D eigenvalue weighted by Gasteiger charge is -2.16. The van der Waals surface area contributed by atoms with Crippen LogP contribution in [0.2, 0.25) is 0 Å². The number of hydrogen-bond acceptors (Lipinski definition) is 3. The average molecular weight is 335 g/mol. The number of amides is 1. The third-order valence-electron chi connectivity index (χ3n) is 4.32. The molecule has 1 aliphatic carbocycles. The van der Waals surface area contributed by atoms with E-state index in [-0.39, 0.29) is 29.3 Å². The van der Waals surface area contributed by atoms with Crippen LogP contribution in [0.4, 0.5) is 8.78 Å². The van der Waals surface area contributed by atoms with Crippen molar-refractivity contribution in [2.45, 2.75) is 37.8 Å². The fourth-order valence-corrected chi connectivity index (χ4v) is 2.97. The Labute approximate surface area is 138 Å². The molecule has 1 aliphatic rings.